The largest absolute Gasteiger partial charge is 0.502 e. The van der Waals surface area contributed by atoms with Crippen molar-refractivity contribution in [1.29, 1.82) is 0 Å². The van der Waals surface area contributed by atoms with E-state index in [0.29, 0.717) is 42.4 Å². The summed E-state index contributed by atoms with van der Waals surface area (Å²) in [5, 5.41) is 10.6. The van der Waals surface area contributed by atoms with Crippen molar-refractivity contribution in [1.82, 2.24) is 9.47 Å². The van der Waals surface area contributed by atoms with Crippen molar-refractivity contribution in [2.45, 2.75) is 37.8 Å². The lowest BCUT2D eigenvalue weighted by molar-refractivity contribution is -0.118. The molecule has 5 rings (SSSR count). The molecule has 1 saturated heterocycles. The summed E-state index contributed by atoms with van der Waals surface area (Å²) in [5.41, 5.74) is 6.77. The topological polar surface area (TPSA) is 145 Å². The third-order valence-corrected chi connectivity index (χ3v) is 7.39. The summed E-state index contributed by atoms with van der Waals surface area (Å²) in [4.78, 5) is 51.0. The second kappa shape index (κ2) is 10.3. The maximum atomic E-state index is 12.8. The fraction of sp³-hybridized carbons (Fsp3) is 0.357. The van der Waals surface area contributed by atoms with Crippen LogP contribution in [-0.4, -0.2) is 46.6 Å². The zero-order valence-electron chi connectivity index (χ0n) is 21.0. The fourth-order valence-corrected chi connectivity index (χ4v) is 5.75. The van der Waals surface area contributed by atoms with Crippen LogP contribution in [0.1, 0.15) is 57.8 Å². The van der Waals surface area contributed by atoms with Gasteiger partial charge in [0, 0.05) is 49.8 Å². The summed E-state index contributed by atoms with van der Waals surface area (Å²) in [6.45, 7) is 2.41. The Morgan fingerprint density at radius 3 is 2.61 bits per heavy atom. The number of ether oxygens (including phenoxy) is 1. The number of hydrogen-bond acceptors (Lipinski definition) is 8. The molecule has 10 nitrogen and oxygen atoms in total. The number of fused-ring (bicyclic) bond motifs is 4. The molecule has 38 heavy (non-hydrogen) atoms. The average molecular weight is 520 g/mol. The van der Waals surface area contributed by atoms with Crippen LogP contribution in [0.4, 0.5) is 0 Å². The number of rotatable bonds is 7. The number of benzene rings is 1. The smallest absolute Gasteiger partial charge is 0.337 e. The van der Waals surface area contributed by atoms with Crippen LogP contribution in [0.3, 0.4) is 0 Å². The molecule has 3 aromatic rings. The van der Waals surface area contributed by atoms with Crippen LogP contribution in [0.25, 0.3) is 0 Å². The maximum absolute atomic E-state index is 12.8. The Bertz CT molecular complexity index is 1490. The molecule has 1 amide bonds. The predicted octanol–water partition coefficient (Wildman–Crippen LogP) is 1.92. The van der Waals surface area contributed by atoms with Gasteiger partial charge in [0.15, 0.2) is 5.76 Å². The molecule has 2 aromatic heterocycles. The zero-order valence-corrected chi connectivity index (χ0v) is 21.0. The third kappa shape index (κ3) is 4.99. The minimum atomic E-state index is -0.827. The van der Waals surface area contributed by atoms with Crippen molar-refractivity contribution in [2.75, 3.05) is 20.2 Å². The summed E-state index contributed by atoms with van der Waals surface area (Å²) in [7, 11) is 1.28. The van der Waals surface area contributed by atoms with Gasteiger partial charge in [0.25, 0.3) is 5.56 Å². The number of methoxy groups -OCH3 is 1. The molecule has 2 bridgehead atoms. The number of carbonyl (C=O) groups excluding carboxylic acids is 2. The van der Waals surface area contributed by atoms with E-state index in [4.69, 9.17) is 14.9 Å². The highest BCUT2D eigenvalue weighted by Gasteiger charge is 2.35. The number of likely N-dealkylation sites (tertiary alicyclic amines) is 1. The second-order valence-electron chi connectivity index (χ2n) is 10.0. The van der Waals surface area contributed by atoms with Gasteiger partial charge in [-0.05, 0) is 36.1 Å². The van der Waals surface area contributed by atoms with Gasteiger partial charge in [-0.1, -0.05) is 18.2 Å². The van der Waals surface area contributed by atoms with Crippen molar-refractivity contribution < 1.29 is 23.8 Å². The van der Waals surface area contributed by atoms with Gasteiger partial charge >= 0.3 is 5.97 Å². The second-order valence-corrected chi connectivity index (χ2v) is 10.0. The molecule has 3 N–H and O–H groups in total. The Labute approximate surface area is 218 Å². The highest BCUT2D eigenvalue weighted by molar-refractivity contribution is 5.89. The van der Waals surface area contributed by atoms with E-state index >= 15 is 0 Å². The molecule has 1 fully saturated rings. The number of hydrogen-bond donors (Lipinski definition) is 2. The highest BCUT2D eigenvalue weighted by atomic mass is 16.5. The predicted molar refractivity (Wildman–Crippen MR) is 137 cm³/mol. The number of primary amides is 1. The SMILES string of the molecule is COC(=O)c1ccc(C(CC(N)=O)c2oc(CN3C[C@H]4C[C@@H](C3)c3cccc(=O)n3C4)cc(=O)c2O)cc1. The third-order valence-electron chi connectivity index (χ3n) is 7.39. The molecular formula is C28H29N3O7. The van der Waals surface area contributed by atoms with Gasteiger partial charge in [-0.3, -0.25) is 19.3 Å². The molecule has 4 heterocycles. The number of nitrogens with zero attached hydrogens (tertiary/aromatic N) is 2. The summed E-state index contributed by atoms with van der Waals surface area (Å²) in [5.74, 6) is -1.78. The quantitative estimate of drug-likeness (QED) is 0.451. The molecule has 1 unspecified atom stereocenters. The number of nitrogens with two attached hydrogens (primary N) is 1. The molecule has 2 aliphatic heterocycles. The lowest BCUT2D eigenvalue weighted by atomic mass is 9.83. The van der Waals surface area contributed by atoms with Gasteiger partial charge < -0.3 is 24.6 Å². The molecule has 0 saturated carbocycles. The summed E-state index contributed by atoms with van der Waals surface area (Å²) >= 11 is 0. The van der Waals surface area contributed by atoms with E-state index in [1.807, 2.05) is 10.6 Å². The Hall–Kier alpha value is -4.18. The van der Waals surface area contributed by atoms with Gasteiger partial charge in [-0.25, -0.2) is 4.79 Å². The number of aromatic nitrogens is 1. The van der Waals surface area contributed by atoms with Crippen LogP contribution in [0.15, 0.2) is 62.5 Å². The zero-order chi connectivity index (χ0) is 27.0. The van der Waals surface area contributed by atoms with E-state index in [1.165, 1.54) is 25.3 Å². The highest BCUT2D eigenvalue weighted by Crippen LogP contribution is 2.37. The van der Waals surface area contributed by atoms with Gasteiger partial charge in [0.2, 0.25) is 17.1 Å². The minimum Gasteiger partial charge on any atom is -0.502 e. The molecular weight excluding hydrogens is 490 g/mol. The first-order valence-corrected chi connectivity index (χ1v) is 12.5. The first-order valence-electron chi connectivity index (χ1n) is 12.5. The molecule has 0 aliphatic carbocycles. The number of esters is 1. The monoisotopic (exact) mass is 519 g/mol. The summed E-state index contributed by atoms with van der Waals surface area (Å²) in [6.07, 6.45) is 0.782. The Balaban J connectivity index is 1.44. The lowest BCUT2D eigenvalue weighted by Crippen LogP contribution is -2.46. The van der Waals surface area contributed by atoms with Crippen LogP contribution >= 0.6 is 0 Å². The maximum Gasteiger partial charge on any atom is 0.337 e. The average Bonchev–Trinajstić information content (AvgIpc) is 2.89. The number of aromatic hydroxyl groups is 1. The number of carbonyl (C=O) groups is 2. The van der Waals surface area contributed by atoms with E-state index in [1.54, 1.807) is 24.3 Å². The molecule has 0 radical (unpaired) electrons. The van der Waals surface area contributed by atoms with Crippen LogP contribution in [0, 0.1) is 5.92 Å². The van der Waals surface area contributed by atoms with E-state index in [9.17, 15) is 24.3 Å². The molecule has 10 heteroatoms. The van der Waals surface area contributed by atoms with E-state index in [0.717, 1.165) is 18.7 Å². The first kappa shape index (κ1) is 25.5. The Morgan fingerprint density at radius 2 is 1.89 bits per heavy atom. The molecule has 0 spiro atoms. The van der Waals surface area contributed by atoms with Crippen LogP contribution in [-0.2, 0) is 22.6 Å². The summed E-state index contributed by atoms with van der Waals surface area (Å²) < 4.78 is 12.7. The van der Waals surface area contributed by atoms with Gasteiger partial charge in [-0.15, -0.1) is 0 Å². The molecule has 2 aliphatic rings. The number of piperidine rings is 1. The van der Waals surface area contributed by atoms with Crippen LogP contribution in [0.2, 0.25) is 0 Å². The van der Waals surface area contributed by atoms with Gasteiger partial charge in [0.1, 0.15) is 5.76 Å². The van der Waals surface area contributed by atoms with Crippen molar-refractivity contribution in [3.63, 3.8) is 0 Å². The van der Waals surface area contributed by atoms with Crippen molar-refractivity contribution in [2.24, 2.45) is 11.7 Å². The standard InChI is InChI=1S/C28H29N3O7/c1-37-28(36)18-7-5-17(6-8-18)21(11-24(29)33)27-26(35)23(32)10-20(38-27)15-30-12-16-9-19(14-30)22-3-2-4-25(34)31(22)13-16/h2-8,10,16,19,21,35H,9,11-15H2,1H3,(H2,29,33)/t16-,19+,21?/m1/s1. The molecule has 3 atom stereocenters. The molecule has 198 valence electrons. The van der Waals surface area contributed by atoms with E-state index in [2.05, 4.69) is 4.90 Å². The summed E-state index contributed by atoms with van der Waals surface area (Å²) in [6, 6.07) is 12.9. The minimum absolute atomic E-state index is 0.0138. The lowest BCUT2D eigenvalue weighted by Gasteiger charge is -2.42. The van der Waals surface area contributed by atoms with E-state index in [-0.39, 0.29) is 23.7 Å². The van der Waals surface area contributed by atoms with E-state index < -0.39 is 29.0 Å². The van der Waals surface area contributed by atoms with Crippen molar-refractivity contribution in [3.05, 3.63) is 97.4 Å². The molecule has 1 aromatic carbocycles. The fourth-order valence-electron chi connectivity index (χ4n) is 5.75. The Kier molecular flexibility index (Phi) is 6.90. The van der Waals surface area contributed by atoms with Crippen molar-refractivity contribution >= 4 is 11.9 Å². The first-order chi connectivity index (χ1) is 18.2. The van der Waals surface area contributed by atoms with Crippen LogP contribution in [0.5, 0.6) is 5.75 Å². The number of pyridine rings is 1. The van der Waals surface area contributed by atoms with Crippen LogP contribution < -0.4 is 16.7 Å². The number of amides is 1. The van der Waals surface area contributed by atoms with Crippen molar-refractivity contribution in [3.8, 4) is 5.75 Å². The Morgan fingerprint density at radius 1 is 1.13 bits per heavy atom. The van der Waals surface area contributed by atoms with Gasteiger partial charge in [-0.2, -0.15) is 0 Å². The normalized spacial score (nSPS) is 19.4. The van der Waals surface area contributed by atoms with Gasteiger partial charge in [0.05, 0.1) is 25.1 Å².